The molecule has 1 aromatic carbocycles. The third-order valence-corrected chi connectivity index (χ3v) is 5.94. The van der Waals surface area contributed by atoms with Crippen LogP contribution in [-0.4, -0.2) is 18.0 Å². The van der Waals surface area contributed by atoms with E-state index in [-0.39, 0.29) is 18.3 Å². The average Bonchev–Trinajstić information content (AvgIpc) is 3.18. The Morgan fingerprint density at radius 2 is 1.88 bits per heavy atom. The van der Waals surface area contributed by atoms with Crippen molar-refractivity contribution in [2.45, 2.75) is 44.2 Å². The van der Waals surface area contributed by atoms with Gasteiger partial charge in [-0.3, -0.25) is 4.79 Å². The highest BCUT2D eigenvalue weighted by atomic mass is 35.5. The average molecular weight is 363 g/mol. The van der Waals surface area contributed by atoms with Gasteiger partial charge in [0.2, 0.25) is 5.91 Å². The lowest BCUT2D eigenvalue weighted by atomic mass is 9.89. The van der Waals surface area contributed by atoms with E-state index in [1.165, 1.54) is 17.7 Å². The topological polar surface area (TPSA) is 41.1 Å². The van der Waals surface area contributed by atoms with Gasteiger partial charge in [0.1, 0.15) is 0 Å². The number of halogens is 1. The van der Waals surface area contributed by atoms with E-state index < -0.39 is 0 Å². The van der Waals surface area contributed by atoms with Crippen molar-refractivity contribution in [1.82, 2.24) is 5.32 Å². The van der Waals surface area contributed by atoms with Crippen LogP contribution in [0.1, 0.15) is 32.1 Å². The minimum absolute atomic E-state index is 0. The van der Waals surface area contributed by atoms with Gasteiger partial charge in [-0.05, 0) is 49.1 Å². The first-order valence-electron chi connectivity index (χ1n) is 8.47. The summed E-state index contributed by atoms with van der Waals surface area (Å²) in [6, 6.07) is 13.5. The number of carbonyl (C=O) groups is 1. The van der Waals surface area contributed by atoms with Crippen LogP contribution < -0.4 is 10.6 Å². The Labute approximate surface area is 153 Å². The van der Waals surface area contributed by atoms with Crippen molar-refractivity contribution >= 4 is 35.3 Å². The third kappa shape index (κ3) is 3.82. The lowest BCUT2D eigenvalue weighted by molar-refractivity contribution is -0.117. The van der Waals surface area contributed by atoms with Crippen LogP contribution in [0.15, 0.2) is 41.8 Å². The van der Waals surface area contributed by atoms with E-state index in [1.54, 1.807) is 11.3 Å². The van der Waals surface area contributed by atoms with Crippen LogP contribution in [0.2, 0.25) is 0 Å². The first kappa shape index (κ1) is 17.5. The van der Waals surface area contributed by atoms with Gasteiger partial charge in [-0.1, -0.05) is 24.3 Å². The van der Waals surface area contributed by atoms with Crippen molar-refractivity contribution < 1.29 is 4.79 Å². The number of hydrogen-bond acceptors (Lipinski definition) is 3. The second kappa shape index (κ2) is 7.68. The molecule has 2 N–H and O–H groups in total. The van der Waals surface area contributed by atoms with Crippen molar-refractivity contribution in [3.8, 4) is 10.4 Å². The van der Waals surface area contributed by atoms with Crippen LogP contribution in [0.5, 0.6) is 0 Å². The number of fused-ring (bicyclic) bond motifs is 2. The minimum Gasteiger partial charge on any atom is -0.325 e. The molecule has 128 valence electrons. The lowest BCUT2D eigenvalue weighted by Gasteiger charge is -2.28. The molecule has 0 spiro atoms. The molecule has 0 aliphatic carbocycles. The lowest BCUT2D eigenvalue weighted by Crippen LogP contribution is -2.39. The number of hydrogen-bond donors (Lipinski definition) is 2. The molecule has 2 unspecified atom stereocenters. The predicted octanol–water partition coefficient (Wildman–Crippen LogP) is 4.70. The molecule has 2 fully saturated rings. The molecule has 2 aliphatic rings. The molecule has 5 heteroatoms. The predicted molar refractivity (Wildman–Crippen MR) is 103 cm³/mol. The van der Waals surface area contributed by atoms with Crippen LogP contribution in [0.25, 0.3) is 10.4 Å². The second-order valence-corrected chi connectivity index (χ2v) is 7.70. The Balaban J connectivity index is 0.00000169. The molecule has 2 atom stereocenters. The Morgan fingerprint density at radius 3 is 2.58 bits per heavy atom. The van der Waals surface area contributed by atoms with E-state index in [4.69, 9.17) is 0 Å². The number of benzene rings is 1. The number of anilines is 1. The Morgan fingerprint density at radius 1 is 1.12 bits per heavy atom. The Kier molecular flexibility index (Phi) is 5.59. The van der Waals surface area contributed by atoms with Crippen LogP contribution in [-0.2, 0) is 4.79 Å². The second-order valence-electron chi connectivity index (χ2n) is 6.75. The molecule has 2 aliphatic heterocycles. The SMILES string of the molecule is Cl.O=C(CC1CC2CCC(C1)N2)Nc1ccccc1-c1cccs1. The van der Waals surface area contributed by atoms with Crippen molar-refractivity contribution in [3.63, 3.8) is 0 Å². The first-order valence-corrected chi connectivity index (χ1v) is 9.34. The summed E-state index contributed by atoms with van der Waals surface area (Å²) in [6.45, 7) is 0. The first-order chi connectivity index (χ1) is 11.3. The zero-order valence-electron chi connectivity index (χ0n) is 13.5. The highest BCUT2D eigenvalue weighted by Crippen LogP contribution is 2.34. The van der Waals surface area contributed by atoms with Gasteiger partial charge >= 0.3 is 0 Å². The number of para-hydroxylation sites is 1. The van der Waals surface area contributed by atoms with Gasteiger partial charge in [-0.2, -0.15) is 0 Å². The van der Waals surface area contributed by atoms with Crippen LogP contribution in [0, 0.1) is 5.92 Å². The van der Waals surface area contributed by atoms with Crippen LogP contribution in [0.3, 0.4) is 0 Å². The molecule has 3 heterocycles. The number of amides is 1. The molecule has 0 saturated carbocycles. The molecule has 1 amide bonds. The van der Waals surface area contributed by atoms with Crippen molar-refractivity contribution in [2.24, 2.45) is 5.92 Å². The molecule has 2 bridgehead atoms. The maximum absolute atomic E-state index is 12.5. The summed E-state index contributed by atoms with van der Waals surface area (Å²) >= 11 is 1.70. The zero-order valence-corrected chi connectivity index (χ0v) is 15.2. The van der Waals surface area contributed by atoms with Crippen molar-refractivity contribution in [1.29, 1.82) is 0 Å². The zero-order chi connectivity index (χ0) is 15.6. The number of nitrogens with one attached hydrogen (secondary N) is 2. The quantitative estimate of drug-likeness (QED) is 0.827. The highest BCUT2D eigenvalue weighted by Gasteiger charge is 2.34. The molecule has 0 radical (unpaired) electrons. The van der Waals surface area contributed by atoms with E-state index in [0.29, 0.717) is 24.4 Å². The van der Waals surface area contributed by atoms with Gasteiger partial charge in [0.25, 0.3) is 0 Å². The van der Waals surface area contributed by atoms with Crippen LogP contribution in [0.4, 0.5) is 5.69 Å². The third-order valence-electron chi connectivity index (χ3n) is 5.03. The fourth-order valence-corrected chi connectivity index (χ4v) is 4.81. The molecule has 3 nitrogen and oxygen atoms in total. The summed E-state index contributed by atoms with van der Waals surface area (Å²) in [4.78, 5) is 13.7. The van der Waals surface area contributed by atoms with E-state index >= 15 is 0 Å². The van der Waals surface area contributed by atoms with Crippen molar-refractivity contribution in [3.05, 3.63) is 41.8 Å². The van der Waals surface area contributed by atoms with Gasteiger partial charge < -0.3 is 10.6 Å². The van der Waals surface area contributed by atoms with Gasteiger partial charge in [0.05, 0.1) is 0 Å². The number of carbonyl (C=O) groups excluding carboxylic acids is 1. The fourth-order valence-electron chi connectivity index (χ4n) is 4.04. The van der Waals surface area contributed by atoms with E-state index in [2.05, 4.69) is 28.1 Å². The Bertz CT molecular complexity index is 676. The molecule has 4 rings (SSSR count). The molecule has 2 saturated heterocycles. The van der Waals surface area contributed by atoms with Gasteiger partial charge in [-0.15, -0.1) is 23.7 Å². The molecule has 1 aromatic heterocycles. The van der Waals surface area contributed by atoms with E-state index in [1.807, 2.05) is 24.3 Å². The summed E-state index contributed by atoms with van der Waals surface area (Å²) in [5.74, 6) is 0.683. The minimum atomic E-state index is 0. The van der Waals surface area contributed by atoms with Crippen molar-refractivity contribution in [2.75, 3.05) is 5.32 Å². The summed E-state index contributed by atoms with van der Waals surface area (Å²) in [5.41, 5.74) is 2.04. The summed E-state index contributed by atoms with van der Waals surface area (Å²) in [7, 11) is 0. The summed E-state index contributed by atoms with van der Waals surface area (Å²) < 4.78 is 0. The van der Waals surface area contributed by atoms with Crippen LogP contribution >= 0.6 is 23.7 Å². The largest absolute Gasteiger partial charge is 0.325 e. The molecular formula is C19H23ClN2OS. The number of thiophene rings is 1. The fraction of sp³-hybridized carbons (Fsp3) is 0.421. The maximum atomic E-state index is 12.5. The molecule has 24 heavy (non-hydrogen) atoms. The molecule has 2 aromatic rings. The Hall–Kier alpha value is -1.36. The highest BCUT2D eigenvalue weighted by molar-refractivity contribution is 7.13. The number of rotatable bonds is 4. The normalized spacial score (nSPS) is 25.1. The monoisotopic (exact) mass is 362 g/mol. The number of piperidine rings is 1. The summed E-state index contributed by atoms with van der Waals surface area (Å²) in [6.07, 6.45) is 5.51. The standard InChI is InChI=1S/C19H22N2OS.ClH/c22-19(12-13-10-14-7-8-15(11-13)20-14)21-17-5-2-1-4-16(17)18-6-3-9-23-18;/h1-6,9,13-15,20H,7-8,10-12H2,(H,21,22);1H. The van der Waals surface area contributed by atoms with Gasteiger partial charge in [0, 0.05) is 34.6 Å². The summed E-state index contributed by atoms with van der Waals surface area (Å²) in [5, 5.41) is 8.85. The van der Waals surface area contributed by atoms with E-state index in [9.17, 15) is 4.79 Å². The van der Waals surface area contributed by atoms with Gasteiger partial charge in [0.15, 0.2) is 0 Å². The van der Waals surface area contributed by atoms with E-state index in [0.717, 1.165) is 24.1 Å². The molecular weight excluding hydrogens is 340 g/mol. The smallest absolute Gasteiger partial charge is 0.224 e. The maximum Gasteiger partial charge on any atom is 0.224 e. The van der Waals surface area contributed by atoms with Gasteiger partial charge in [-0.25, -0.2) is 0 Å².